The van der Waals surface area contributed by atoms with Crippen LogP contribution in [0.1, 0.15) is 25.0 Å². The first-order valence-corrected chi connectivity index (χ1v) is 9.75. The highest BCUT2D eigenvalue weighted by molar-refractivity contribution is 7.89. The highest BCUT2D eigenvalue weighted by atomic mass is 32.2. The Labute approximate surface area is 144 Å². The molecule has 0 atom stereocenters. The van der Waals surface area contributed by atoms with Crippen molar-refractivity contribution < 1.29 is 13.2 Å². The number of hydrogen-bond donors (Lipinski definition) is 1. The number of piperazine rings is 1. The molecule has 2 rings (SSSR count). The Bertz CT molecular complexity index is 695. The first-order valence-electron chi connectivity index (χ1n) is 8.31. The number of carbonyl (C=O) groups excluding carboxylic acids is 1. The molecule has 1 N–H and O–H groups in total. The van der Waals surface area contributed by atoms with Crippen molar-refractivity contribution >= 4 is 15.9 Å². The molecule has 1 fully saturated rings. The van der Waals surface area contributed by atoms with Crippen LogP contribution in [0, 0.1) is 13.8 Å². The molecule has 0 bridgehead atoms. The summed E-state index contributed by atoms with van der Waals surface area (Å²) in [6.07, 6.45) is 0. The zero-order chi connectivity index (χ0) is 17.9. The van der Waals surface area contributed by atoms with Crippen molar-refractivity contribution in [2.45, 2.75) is 38.6 Å². The van der Waals surface area contributed by atoms with Crippen molar-refractivity contribution in [2.75, 3.05) is 32.7 Å². The monoisotopic (exact) mass is 353 g/mol. The van der Waals surface area contributed by atoms with Gasteiger partial charge < -0.3 is 10.2 Å². The molecular formula is C17H27N3O3S. The van der Waals surface area contributed by atoms with E-state index in [0.29, 0.717) is 18.7 Å². The average molecular weight is 353 g/mol. The Hall–Kier alpha value is -1.44. The topological polar surface area (TPSA) is 69.7 Å². The smallest absolute Gasteiger partial charge is 0.244 e. The van der Waals surface area contributed by atoms with E-state index in [0.717, 1.165) is 18.7 Å². The third-order valence-electron chi connectivity index (χ3n) is 4.27. The van der Waals surface area contributed by atoms with E-state index in [1.807, 2.05) is 13.0 Å². The van der Waals surface area contributed by atoms with Crippen LogP contribution in [0.3, 0.4) is 0 Å². The summed E-state index contributed by atoms with van der Waals surface area (Å²) >= 11 is 0. The van der Waals surface area contributed by atoms with Crippen molar-refractivity contribution in [1.29, 1.82) is 0 Å². The molecule has 1 aliphatic heterocycles. The molecule has 0 radical (unpaired) electrons. The number of benzene rings is 1. The zero-order valence-corrected chi connectivity index (χ0v) is 15.7. The van der Waals surface area contributed by atoms with Gasteiger partial charge in [-0.3, -0.25) is 4.79 Å². The summed E-state index contributed by atoms with van der Waals surface area (Å²) in [5.41, 5.74) is 1.58. The highest BCUT2D eigenvalue weighted by Crippen LogP contribution is 2.23. The standard InChI is InChI=1S/C17H27N3O3S/c1-13(2)20(12-17(21)19-9-7-18-8-10-19)24(22,23)16-11-14(3)5-6-15(16)4/h5-6,11,13,18H,7-10,12H2,1-4H3. The second-order valence-electron chi connectivity index (χ2n) is 6.54. The minimum atomic E-state index is -3.72. The van der Waals surface area contributed by atoms with E-state index in [4.69, 9.17) is 0 Å². The summed E-state index contributed by atoms with van der Waals surface area (Å²) in [6.45, 7) is 9.86. The lowest BCUT2D eigenvalue weighted by Crippen LogP contribution is -2.51. The van der Waals surface area contributed by atoms with Crippen molar-refractivity contribution in [3.8, 4) is 0 Å². The van der Waals surface area contributed by atoms with Gasteiger partial charge in [-0.2, -0.15) is 4.31 Å². The molecular weight excluding hydrogens is 326 g/mol. The van der Waals surface area contributed by atoms with E-state index in [1.165, 1.54) is 4.31 Å². The predicted octanol–water partition coefficient (Wildman–Crippen LogP) is 1.13. The number of sulfonamides is 1. The molecule has 6 nitrogen and oxygen atoms in total. The molecule has 134 valence electrons. The van der Waals surface area contributed by atoms with E-state index in [2.05, 4.69) is 5.32 Å². The van der Waals surface area contributed by atoms with Gasteiger partial charge >= 0.3 is 0 Å². The summed E-state index contributed by atoms with van der Waals surface area (Å²) in [5, 5.41) is 3.19. The average Bonchev–Trinajstić information content (AvgIpc) is 2.54. The molecule has 0 unspecified atom stereocenters. The molecule has 1 aliphatic rings. The Morgan fingerprint density at radius 2 is 1.88 bits per heavy atom. The lowest BCUT2D eigenvalue weighted by Gasteiger charge is -2.31. The number of rotatable bonds is 5. The van der Waals surface area contributed by atoms with Crippen molar-refractivity contribution in [2.24, 2.45) is 0 Å². The van der Waals surface area contributed by atoms with Gasteiger partial charge in [-0.1, -0.05) is 12.1 Å². The van der Waals surface area contributed by atoms with Crippen LogP contribution in [0.2, 0.25) is 0 Å². The maximum Gasteiger partial charge on any atom is 0.244 e. The summed E-state index contributed by atoms with van der Waals surface area (Å²) < 4.78 is 27.5. The molecule has 0 spiro atoms. The van der Waals surface area contributed by atoms with Crippen LogP contribution in [-0.2, 0) is 14.8 Å². The fourth-order valence-electron chi connectivity index (χ4n) is 2.80. The van der Waals surface area contributed by atoms with E-state index in [9.17, 15) is 13.2 Å². The summed E-state index contributed by atoms with van der Waals surface area (Å²) in [6, 6.07) is 5.08. The maximum absolute atomic E-state index is 13.1. The Kier molecular flexibility index (Phi) is 6.01. The molecule has 0 aliphatic carbocycles. The second-order valence-corrected chi connectivity index (χ2v) is 8.40. The van der Waals surface area contributed by atoms with Gasteiger partial charge in [0.1, 0.15) is 0 Å². The molecule has 1 aromatic carbocycles. The van der Waals surface area contributed by atoms with Crippen molar-refractivity contribution in [1.82, 2.24) is 14.5 Å². The van der Waals surface area contributed by atoms with Gasteiger partial charge in [0.05, 0.1) is 11.4 Å². The van der Waals surface area contributed by atoms with Gasteiger partial charge in [0.25, 0.3) is 0 Å². The molecule has 7 heteroatoms. The van der Waals surface area contributed by atoms with E-state index in [-0.39, 0.29) is 23.4 Å². The molecule has 24 heavy (non-hydrogen) atoms. The summed E-state index contributed by atoms with van der Waals surface area (Å²) in [5.74, 6) is -0.140. The lowest BCUT2D eigenvalue weighted by molar-refractivity contribution is -0.132. The van der Waals surface area contributed by atoms with Gasteiger partial charge in [0, 0.05) is 32.2 Å². The maximum atomic E-state index is 13.1. The molecule has 0 aromatic heterocycles. The van der Waals surface area contributed by atoms with Gasteiger partial charge in [-0.25, -0.2) is 8.42 Å². The number of aryl methyl sites for hydroxylation is 2. The van der Waals surface area contributed by atoms with Crippen LogP contribution in [0.15, 0.2) is 23.1 Å². The Morgan fingerprint density at radius 3 is 2.46 bits per heavy atom. The third kappa shape index (κ3) is 4.15. The Balaban J connectivity index is 2.28. The lowest BCUT2D eigenvalue weighted by atomic mass is 10.2. The van der Waals surface area contributed by atoms with Crippen LogP contribution < -0.4 is 5.32 Å². The zero-order valence-electron chi connectivity index (χ0n) is 14.9. The SMILES string of the molecule is Cc1ccc(C)c(S(=O)(=O)N(CC(=O)N2CCNCC2)C(C)C)c1. The molecule has 1 heterocycles. The van der Waals surface area contributed by atoms with Crippen molar-refractivity contribution in [3.63, 3.8) is 0 Å². The van der Waals surface area contributed by atoms with Crippen LogP contribution in [0.4, 0.5) is 0 Å². The highest BCUT2D eigenvalue weighted by Gasteiger charge is 2.31. The number of nitrogens with one attached hydrogen (secondary N) is 1. The van der Waals surface area contributed by atoms with Crippen LogP contribution in [0.5, 0.6) is 0 Å². The van der Waals surface area contributed by atoms with Crippen LogP contribution in [0.25, 0.3) is 0 Å². The largest absolute Gasteiger partial charge is 0.339 e. The van der Waals surface area contributed by atoms with E-state index < -0.39 is 10.0 Å². The van der Waals surface area contributed by atoms with Gasteiger partial charge in [-0.05, 0) is 44.9 Å². The third-order valence-corrected chi connectivity index (χ3v) is 6.43. The molecule has 0 saturated carbocycles. The van der Waals surface area contributed by atoms with Gasteiger partial charge in [0.2, 0.25) is 15.9 Å². The molecule has 1 aromatic rings. The first-order chi connectivity index (χ1) is 11.2. The quantitative estimate of drug-likeness (QED) is 0.862. The molecule has 1 saturated heterocycles. The fraction of sp³-hybridized carbons (Fsp3) is 0.588. The normalized spacial score (nSPS) is 16.0. The van der Waals surface area contributed by atoms with E-state index >= 15 is 0 Å². The number of hydrogen-bond acceptors (Lipinski definition) is 4. The second kappa shape index (κ2) is 7.63. The van der Waals surface area contributed by atoms with E-state index in [1.54, 1.807) is 37.8 Å². The minimum Gasteiger partial charge on any atom is -0.339 e. The number of carbonyl (C=O) groups is 1. The minimum absolute atomic E-state index is 0.118. The Morgan fingerprint density at radius 1 is 1.25 bits per heavy atom. The first kappa shape index (κ1) is 18.9. The van der Waals surface area contributed by atoms with Crippen LogP contribution >= 0.6 is 0 Å². The number of nitrogens with zero attached hydrogens (tertiary/aromatic N) is 2. The van der Waals surface area contributed by atoms with Crippen LogP contribution in [-0.4, -0.2) is 62.3 Å². The summed E-state index contributed by atoms with van der Waals surface area (Å²) in [7, 11) is -3.72. The van der Waals surface area contributed by atoms with Gasteiger partial charge in [-0.15, -0.1) is 0 Å². The predicted molar refractivity (Wildman–Crippen MR) is 94.4 cm³/mol. The number of amides is 1. The van der Waals surface area contributed by atoms with Crippen molar-refractivity contribution in [3.05, 3.63) is 29.3 Å². The molecule has 1 amide bonds. The summed E-state index contributed by atoms with van der Waals surface area (Å²) in [4.78, 5) is 14.5. The van der Waals surface area contributed by atoms with Gasteiger partial charge in [0.15, 0.2) is 0 Å². The fourth-order valence-corrected chi connectivity index (χ4v) is 4.70.